The maximum Gasteiger partial charge on any atom is 0.167 e. The lowest BCUT2D eigenvalue weighted by Crippen LogP contribution is -2.09. The molecule has 0 heterocycles. The number of phenols is 2. The maximum absolute atomic E-state index is 9.15. The van der Waals surface area contributed by atoms with E-state index in [4.69, 9.17) is 15.9 Å². The second kappa shape index (κ2) is 2.75. The van der Waals surface area contributed by atoms with E-state index in [0.29, 0.717) is 5.56 Å². The SMILES string of the molecule is NC(=S)c1cccc(O)c1O. The summed E-state index contributed by atoms with van der Waals surface area (Å²) < 4.78 is 0. The Morgan fingerprint density at radius 2 is 2.00 bits per heavy atom. The predicted molar refractivity (Wildman–Crippen MR) is 45.7 cm³/mol. The summed E-state index contributed by atoms with van der Waals surface area (Å²) in [7, 11) is 0. The third-order valence-electron chi connectivity index (χ3n) is 1.28. The van der Waals surface area contributed by atoms with Gasteiger partial charge in [0, 0.05) is 0 Å². The highest BCUT2D eigenvalue weighted by Gasteiger charge is 2.06. The fourth-order valence-electron chi connectivity index (χ4n) is 0.730. The molecule has 0 saturated heterocycles. The van der Waals surface area contributed by atoms with Crippen LogP contribution in [0.5, 0.6) is 11.5 Å². The molecule has 0 atom stereocenters. The van der Waals surface area contributed by atoms with Gasteiger partial charge in [0.15, 0.2) is 11.5 Å². The fraction of sp³-hybridized carbons (Fsp3) is 0. The number of hydrogen-bond donors (Lipinski definition) is 3. The number of hydrogen-bond acceptors (Lipinski definition) is 3. The van der Waals surface area contributed by atoms with Gasteiger partial charge in [0.25, 0.3) is 0 Å². The molecule has 0 bridgehead atoms. The molecule has 1 aromatic rings. The van der Waals surface area contributed by atoms with Gasteiger partial charge in [-0.2, -0.15) is 0 Å². The van der Waals surface area contributed by atoms with Gasteiger partial charge in [-0.15, -0.1) is 0 Å². The second-order valence-electron chi connectivity index (χ2n) is 2.04. The van der Waals surface area contributed by atoms with E-state index in [1.165, 1.54) is 12.1 Å². The van der Waals surface area contributed by atoms with Crippen LogP contribution in [0.4, 0.5) is 0 Å². The van der Waals surface area contributed by atoms with Crippen LogP contribution in [0.15, 0.2) is 18.2 Å². The summed E-state index contributed by atoms with van der Waals surface area (Å²) in [5, 5.41) is 18.1. The highest BCUT2D eigenvalue weighted by atomic mass is 32.1. The third kappa shape index (κ3) is 1.40. The van der Waals surface area contributed by atoms with Crippen LogP contribution >= 0.6 is 12.2 Å². The summed E-state index contributed by atoms with van der Waals surface area (Å²) in [4.78, 5) is 0.0680. The first-order chi connectivity index (χ1) is 5.13. The molecule has 0 aliphatic rings. The zero-order valence-corrected chi connectivity index (χ0v) is 6.43. The third-order valence-corrected chi connectivity index (χ3v) is 1.50. The van der Waals surface area contributed by atoms with Crippen LogP contribution < -0.4 is 5.73 Å². The van der Waals surface area contributed by atoms with Gasteiger partial charge < -0.3 is 15.9 Å². The van der Waals surface area contributed by atoms with Gasteiger partial charge in [-0.3, -0.25) is 0 Å². The molecule has 0 aliphatic carbocycles. The number of thiocarbonyl (C=S) groups is 1. The van der Waals surface area contributed by atoms with Crippen LogP contribution in [0.1, 0.15) is 5.56 Å². The Kier molecular flexibility index (Phi) is 1.96. The van der Waals surface area contributed by atoms with Crippen molar-refractivity contribution in [2.24, 2.45) is 5.73 Å². The summed E-state index contributed by atoms with van der Waals surface area (Å²) >= 11 is 4.62. The molecule has 0 aromatic heterocycles. The van der Waals surface area contributed by atoms with Crippen molar-refractivity contribution in [3.05, 3.63) is 23.8 Å². The molecule has 0 spiro atoms. The first-order valence-electron chi connectivity index (χ1n) is 2.93. The van der Waals surface area contributed by atoms with E-state index in [-0.39, 0.29) is 16.5 Å². The van der Waals surface area contributed by atoms with Crippen molar-refractivity contribution in [1.29, 1.82) is 0 Å². The number of benzene rings is 1. The average Bonchev–Trinajstić information content (AvgIpc) is 1.94. The van der Waals surface area contributed by atoms with E-state index >= 15 is 0 Å². The molecule has 0 aliphatic heterocycles. The molecule has 11 heavy (non-hydrogen) atoms. The first kappa shape index (κ1) is 7.81. The lowest BCUT2D eigenvalue weighted by atomic mass is 10.2. The lowest BCUT2D eigenvalue weighted by molar-refractivity contribution is 0.403. The van der Waals surface area contributed by atoms with E-state index in [0.717, 1.165) is 0 Å². The van der Waals surface area contributed by atoms with Crippen molar-refractivity contribution < 1.29 is 10.2 Å². The molecule has 58 valence electrons. The minimum Gasteiger partial charge on any atom is -0.504 e. The van der Waals surface area contributed by atoms with Gasteiger partial charge in [-0.05, 0) is 12.1 Å². The summed E-state index contributed by atoms with van der Waals surface area (Å²) in [5.41, 5.74) is 5.54. The predicted octanol–water partition coefficient (Wildman–Crippen LogP) is 0.732. The van der Waals surface area contributed by atoms with Crippen molar-refractivity contribution in [2.45, 2.75) is 0 Å². The Bertz CT molecular complexity index is 298. The van der Waals surface area contributed by atoms with Gasteiger partial charge in [0.1, 0.15) is 4.99 Å². The zero-order chi connectivity index (χ0) is 8.43. The molecule has 1 aromatic carbocycles. The minimum atomic E-state index is -0.264. The minimum absolute atomic E-state index is 0.0680. The number of para-hydroxylation sites is 1. The topological polar surface area (TPSA) is 66.5 Å². The first-order valence-corrected chi connectivity index (χ1v) is 3.34. The number of aromatic hydroxyl groups is 2. The smallest absolute Gasteiger partial charge is 0.167 e. The van der Waals surface area contributed by atoms with Crippen molar-refractivity contribution in [3.8, 4) is 11.5 Å². The Hall–Kier alpha value is -1.29. The summed E-state index contributed by atoms with van der Waals surface area (Å²) in [6, 6.07) is 4.46. The summed E-state index contributed by atoms with van der Waals surface area (Å²) in [6.07, 6.45) is 0. The second-order valence-corrected chi connectivity index (χ2v) is 2.48. The lowest BCUT2D eigenvalue weighted by Gasteiger charge is -2.02. The van der Waals surface area contributed by atoms with E-state index in [1.54, 1.807) is 6.07 Å². The molecule has 0 saturated carbocycles. The summed E-state index contributed by atoms with van der Waals surface area (Å²) in [5.74, 6) is -0.477. The van der Waals surface area contributed by atoms with E-state index in [1.807, 2.05) is 0 Å². The molecule has 0 unspecified atom stereocenters. The molecule has 0 radical (unpaired) electrons. The van der Waals surface area contributed by atoms with Crippen LogP contribution in [-0.4, -0.2) is 15.2 Å². The number of nitrogens with two attached hydrogens (primary N) is 1. The van der Waals surface area contributed by atoms with Crippen LogP contribution in [0.2, 0.25) is 0 Å². The molecule has 0 fully saturated rings. The highest BCUT2D eigenvalue weighted by molar-refractivity contribution is 7.80. The van der Waals surface area contributed by atoms with Gasteiger partial charge in [-0.1, -0.05) is 18.3 Å². The van der Waals surface area contributed by atoms with E-state index < -0.39 is 0 Å². The molecule has 0 amide bonds. The number of rotatable bonds is 1. The zero-order valence-electron chi connectivity index (χ0n) is 5.61. The van der Waals surface area contributed by atoms with Crippen molar-refractivity contribution in [1.82, 2.24) is 0 Å². The molecular weight excluding hydrogens is 162 g/mol. The Morgan fingerprint density at radius 1 is 1.36 bits per heavy atom. The van der Waals surface area contributed by atoms with E-state index in [2.05, 4.69) is 12.2 Å². The quantitative estimate of drug-likeness (QED) is 0.428. The number of phenolic OH excluding ortho intramolecular Hbond substituents is 2. The van der Waals surface area contributed by atoms with Crippen LogP contribution in [0.25, 0.3) is 0 Å². The van der Waals surface area contributed by atoms with Crippen molar-refractivity contribution >= 4 is 17.2 Å². The Morgan fingerprint density at radius 3 is 2.45 bits per heavy atom. The molecular formula is C7H7NO2S. The van der Waals surface area contributed by atoms with Crippen LogP contribution in [0.3, 0.4) is 0 Å². The van der Waals surface area contributed by atoms with Gasteiger partial charge in [-0.25, -0.2) is 0 Å². The normalized spacial score (nSPS) is 9.45. The highest BCUT2D eigenvalue weighted by Crippen LogP contribution is 2.27. The van der Waals surface area contributed by atoms with Gasteiger partial charge in [0.2, 0.25) is 0 Å². The largest absolute Gasteiger partial charge is 0.504 e. The summed E-state index contributed by atoms with van der Waals surface area (Å²) in [6.45, 7) is 0. The molecule has 4 N–H and O–H groups in total. The van der Waals surface area contributed by atoms with Gasteiger partial charge >= 0.3 is 0 Å². The van der Waals surface area contributed by atoms with E-state index in [9.17, 15) is 0 Å². The Labute approximate surface area is 69.1 Å². The molecule has 4 heteroatoms. The molecule has 1 rings (SSSR count). The van der Waals surface area contributed by atoms with Crippen molar-refractivity contribution in [3.63, 3.8) is 0 Å². The average molecular weight is 169 g/mol. The Balaban J connectivity index is 3.27. The van der Waals surface area contributed by atoms with Crippen LogP contribution in [-0.2, 0) is 0 Å². The monoisotopic (exact) mass is 169 g/mol. The fourth-order valence-corrected chi connectivity index (χ4v) is 0.895. The van der Waals surface area contributed by atoms with Gasteiger partial charge in [0.05, 0.1) is 5.56 Å². The molecule has 3 nitrogen and oxygen atoms in total. The maximum atomic E-state index is 9.15. The van der Waals surface area contributed by atoms with Crippen molar-refractivity contribution in [2.75, 3.05) is 0 Å². The standard InChI is InChI=1S/C7H7NO2S/c8-7(11)4-2-1-3-5(9)6(4)10/h1-3,9-10H,(H2,8,11). The van der Waals surface area contributed by atoms with Crippen LogP contribution in [0, 0.1) is 0 Å².